The lowest BCUT2D eigenvalue weighted by atomic mass is 10.1. The number of nitrogens with one attached hydrogen (secondary N) is 1. The van der Waals surface area contributed by atoms with Gasteiger partial charge in [0.2, 0.25) is 11.8 Å². The van der Waals surface area contributed by atoms with Gasteiger partial charge in [-0.05, 0) is 37.5 Å². The average molecular weight is 276 g/mol. The van der Waals surface area contributed by atoms with Crippen molar-refractivity contribution in [3.8, 4) is 0 Å². The topological polar surface area (TPSA) is 49.4 Å². The van der Waals surface area contributed by atoms with Gasteiger partial charge >= 0.3 is 0 Å². The minimum Gasteiger partial charge on any atom is -0.354 e. The Morgan fingerprint density at radius 2 is 1.95 bits per heavy atom. The molecule has 0 unspecified atom stereocenters. The van der Waals surface area contributed by atoms with Crippen LogP contribution in [0.5, 0.6) is 0 Å². The maximum Gasteiger partial charge on any atom is 0.223 e. The molecule has 1 aromatic rings. The van der Waals surface area contributed by atoms with E-state index in [2.05, 4.69) is 5.32 Å². The minimum absolute atomic E-state index is 0.0107. The van der Waals surface area contributed by atoms with Crippen LogP contribution in [0, 0.1) is 13.8 Å². The molecule has 0 aliphatic carbocycles. The fourth-order valence-corrected chi connectivity index (χ4v) is 2.08. The van der Waals surface area contributed by atoms with E-state index in [9.17, 15) is 9.59 Å². The van der Waals surface area contributed by atoms with Crippen LogP contribution in [0.25, 0.3) is 0 Å². The van der Waals surface area contributed by atoms with E-state index in [0.717, 1.165) is 23.2 Å². The molecular formula is C16H24N2O2. The van der Waals surface area contributed by atoms with Gasteiger partial charge < -0.3 is 10.2 Å². The van der Waals surface area contributed by atoms with Crippen molar-refractivity contribution in [3.63, 3.8) is 0 Å². The largest absolute Gasteiger partial charge is 0.354 e. The maximum atomic E-state index is 11.8. The number of benzene rings is 1. The Bertz CT molecular complexity index is 483. The van der Waals surface area contributed by atoms with Crippen LogP contribution >= 0.6 is 0 Å². The second-order valence-electron chi connectivity index (χ2n) is 5.06. The highest BCUT2D eigenvalue weighted by Crippen LogP contribution is 2.21. The molecule has 0 aromatic heterocycles. The molecule has 0 aliphatic rings. The Morgan fingerprint density at radius 3 is 2.55 bits per heavy atom. The van der Waals surface area contributed by atoms with Crippen molar-refractivity contribution < 1.29 is 9.59 Å². The van der Waals surface area contributed by atoms with Gasteiger partial charge in [-0.3, -0.25) is 9.59 Å². The summed E-state index contributed by atoms with van der Waals surface area (Å²) < 4.78 is 0. The zero-order valence-corrected chi connectivity index (χ0v) is 12.8. The van der Waals surface area contributed by atoms with E-state index >= 15 is 0 Å². The quantitative estimate of drug-likeness (QED) is 0.868. The summed E-state index contributed by atoms with van der Waals surface area (Å²) in [6, 6.07) is 6.04. The number of carbonyl (C=O) groups is 2. The predicted octanol–water partition coefficient (Wildman–Crippen LogP) is 2.57. The molecule has 0 heterocycles. The highest BCUT2D eigenvalue weighted by atomic mass is 16.2. The summed E-state index contributed by atoms with van der Waals surface area (Å²) in [5.74, 6) is 0.0282. The molecule has 110 valence electrons. The Morgan fingerprint density at radius 1 is 1.25 bits per heavy atom. The number of rotatable bonds is 6. The number of aryl methyl sites for hydroxylation is 2. The standard InChI is InChI=1S/C16H24N2O2/c1-5-6-16(20)17-9-10-18(14(4)19)15-11-12(2)7-8-13(15)3/h7-8,11H,5-6,9-10H2,1-4H3,(H,17,20). The highest BCUT2D eigenvalue weighted by Gasteiger charge is 2.14. The molecule has 0 atom stereocenters. The number of carbonyl (C=O) groups excluding carboxylic acids is 2. The smallest absolute Gasteiger partial charge is 0.223 e. The zero-order chi connectivity index (χ0) is 15.1. The second kappa shape index (κ2) is 7.68. The third kappa shape index (κ3) is 4.68. The summed E-state index contributed by atoms with van der Waals surface area (Å²) in [6.45, 7) is 8.48. The lowest BCUT2D eigenvalue weighted by molar-refractivity contribution is -0.121. The first kappa shape index (κ1) is 16.2. The predicted molar refractivity (Wildman–Crippen MR) is 81.9 cm³/mol. The summed E-state index contributed by atoms with van der Waals surface area (Å²) in [5, 5.41) is 2.84. The average Bonchev–Trinajstić information content (AvgIpc) is 2.38. The molecule has 0 radical (unpaired) electrons. The molecule has 20 heavy (non-hydrogen) atoms. The number of hydrogen-bond acceptors (Lipinski definition) is 2. The molecule has 1 rings (SSSR count). The van der Waals surface area contributed by atoms with Crippen molar-refractivity contribution in [2.45, 2.75) is 40.5 Å². The van der Waals surface area contributed by atoms with E-state index in [0.29, 0.717) is 19.5 Å². The maximum absolute atomic E-state index is 11.8. The van der Waals surface area contributed by atoms with Gasteiger partial charge in [0, 0.05) is 32.1 Å². The molecule has 0 saturated carbocycles. The summed E-state index contributed by atoms with van der Waals surface area (Å²) in [5.41, 5.74) is 3.10. The molecule has 2 amide bonds. The van der Waals surface area contributed by atoms with E-state index in [1.54, 1.807) is 11.8 Å². The highest BCUT2D eigenvalue weighted by molar-refractivity contribution is 5.92. The monoisotopic (exact) mass is 276 g/mol. The van der Waals surface area contributed by atoms with Gasteiger partial charge in [-0.1, -0.05) is 19.1 Å². The van der Waals surface area contributed by atoms with Gasteiger partial charge in [0.1, 0.15) is 0 Å². The van der Waals surface area contributed by atoms with Crippen LogP contribution in [0.1, 0.15) is 37.8 Å². The Balaban J connectivity index is 2.72. The first-order valence-electron chi connectivity index (χ1n) is 7.07. The SMILES string of the molecule is CCCC(=O)NCCN(C(C)=O)c1cc(C)ccc1C. The number of hydrogen-bond donors (Lipinski definition) is 1. The molecule has 1 N–H and O–H groups in total. The lowest BCUT2D eigenvalue weighted by Gasteiger charge is -2.23. The third-order valence-corrected chi connectivity index (χ3v) is 3.17. The van der Waals surface area contributed by atoms with Crippen LogP contribution in [-0.2, 0) is 9.59 Å². The van der Waals surface area contributed by atoms with E-state index in [1.807, 2.05) is 39.0 Å². The Labute approximate surface area is 121 Å². The normalized spacial score (nSPS) is 10.2. The van der Waals surface area contributed by atoms with Crippen molar-refractivity contribution in [3.05, 3.63) is 29.3 Å². The molecule has 4 nitrogen and oxygen atoms in total. The van der Waals surface area contributed by atoms with Crippen molar-refractivity contribution in [2.24, 2.45) is 0 Å². The van der Waals surface area contributed by atoms with Gasteiger partial charge in [0.15, 0.2) is 0 Å². The van der Waals surface area contributed by atoms with E-state index in [1.165, 1.54) is 0 Å². The Hall–Kier alpha value is -1.84. The van der Waals surface area contributed by atoms with Crippen LogP contribution in [0.4, 0.5) is 5.69 Å². The number of anilines is 1. The van der Waals surface area contributed by atoms with Crippen LogP contribution in [0.15, 0.2) is 18.2 Å². The summed E-state index contributed by atoms with van der Waals surface area (Å²) >= 11 is 0. The van der Waals surface area contributed by atoms with Gasteiger partial charge in [0.25, 0.3) is 0 Å². The third-order valence-electron chi connectivity index (χ3n) is 3.17. The zero-order valence-electron chi connectivity index (χ0n) is 12.8. The fourth-order valence-electron chi connectivity index (χ4n) is 2.08. The van der Waals surface area contributed by atoms with Crippen molar-refractivity contribution in [1.82, 2.24) is 5.32 Å². The summed E-state index contributed by atoms with van der Waals surface area (Å²) in [4.78, 5) is 25.0. The molecule has 0 fully saturated rings. The Kier molecular flexibility index (Phi) is 6.22. The first-order valence-corrected chi connectivity index (χ1v) is 7.07. The molecule has 4 heteroatoms. The van der Waals surface area contributed by atoms with E-state index in [-0.39, 0.29) is 11.8 Å². The van der Waals surface area contributed by atoms with Crippen LogP contribution < -0.4 is 10.2 Å². The van der Waals surface area contributed by atoms with Crippen LogP contribution in [0.2, 0.25) is 0 Å². The number of amides is 2. The van der Waals surface area contributed by atoms with Crippen molar-refractivity contribution in [1.29, 1.82) is 0 Å². The van der Waals surface area contributed by atoms with E-state index < -0.39 is 0 Å². The van der Waals surface area contributed by atoms with Crippen molar-refractivity contribution >= 4 is 17.5 Å². The molecule has 0 spiro atoms. The molecule has 0 saturated heterocycles. The molecule has 0 aliphatic heterocycles. The molecular weight excluding hydrogens is 252 g/mol. The number of nitrogens with zero attached hydrogens (tertiary/aromatic N) is 1. The van der Waals surface area contributed by atoms with Gasteiger partial charge in [0.05, 0.1) is 0 Å². The van der Waals surface area contributed by atoms with Gasteiger partial charge in [-0.2, -0.15) is 0 Å². The fraction of sp³-hybridized carbons (Fsp3) is 0.500. The molecule has 1 aromatic carbocycles. The van der Waals surface area contributed by atoms with Crippen LogP contribution in [0.3, 0.4) is 0 Å². The van der Waals surface area contributed by atoms with E-state index in [4.69, 9.17) is 0 Å². The van der Waals surface area contributed by atoms with Crippen LogP contribution in [-0.4, -0.2) is 24.9 Å². The first-order chi connectivity index (χ1) is 9.45. The van der Waals surface area contributed by atoms with Crippen molar-refractivity contribution in [2.75, 3.05) is 18.0 Å². The summed E-state index contributed by atoms with van der Waals surface area (Å²) in [7, 11) is 0. The second-order valence-corrected chi connectivity index (χ2v) is 5.06. The minimum atomic E-state index is -0.0107. The molecule has 0 bridgehead atoms. The summed E-state index contributed by atoms with van der Waals surface area (Å²) in [6.07, 6.45) is 1.36. The lowest BCUT2D eigenvalue weighted by Crippen LogP contribution is -2.37. The van der Waals surface area contributed by atoms with Gasteiger partial charge in [-0.25, -0.2) is 0 Å². The van der Waals surface area contributed by atoms with Gasteiger partial charge in [-0.15, -0.1) is 0 Å².